The lowest BCUT2D eigenvalue weighted by Gasteiger charge is -2.19. The average Bonchev–Trinajstić information content (AvgIpc) is 2.61. The quantitative estimate of drug-likeness (QED) is 0.402. The average molecular weight is 354 g/mol. The van der Waals surface area contributed by atoms with Crippen LogP contribution in [0, 0.1) is 0 Å². The lowest BCUT2D eigenvalue weighted by atomic mass is 9.99. The Labute approximate surface area is 150 Å². The molecule has 26 heavy (non-hydrogen) atoms. The smallest absolute Gasteiger partial charge is 0.308 e. The van der Waals surface area contributed by atoms with E-state index in [1.165, 1.54) is 28.1 Å². The Hall–Kier alpha value is -3.28. The Morgan fingerprint density at radius 2 is 1.31 bits per heavy atom. The number of ether oxygens (including phenoxy) is 4. The first-order valence-electron chi connectivity index (χ1n) is 7.94. The zero-order valence-electron chi connectivity index (χ0n) is 14.9. The molecule has 3 rings (SSSR count). The molecule has 0 heterocycles. The van der Waals surface area contributed by atoms with Crippen LogP contribution in [0.25, 0.3) is 21.5 Å². The van der Waals surface area contributed by atoms with E-state index >= 15 is 0 Å². The van der Waals surface area contributed by atoms with Crippen LogP contribution < -0.4 is 18.9 Å². The van der Waals surface area contributed by atoms with Gasteiger partial charge in [0.05, 0.1) is 14.2 Å². The van der Waals surface area contributed by atoms with Crippen molar-refractivity contribution in [3.8, 4) is 23.0 Å². The van der Waals surface area contributed by atoms with Crippen molar-refractivity contribution < 1.29 is 28.5 Å². The third-order valence-corrected chi connectivity index (χ3v) is 3.92. The molecule has 0 aliphatic heterocycles. The molecule has 0 spiro atoms. The molecule has 0 radical (unpaired) electrons. The molecule has 6 heteroatoms. The Balaban J connectivity index is 2.55. The number of carbonyl (C=O) groups is 2. The highest BCUT2D eigenvalue weighted by molar-refractivity contribution is 6.15. The molecule has 0 fully saturated rings. The van der Waals surface area contributed by atoms with Gasteiger partial charge in [-0.3, -0.25) is 9.59 Å². The van der Waals surface area contributed by atoms with Gasteiger partial charge in [-0.1, -0.05) is 30.3 Å². The highest BCUT2D eigenvalue weighted by atomic mass is 16.6. The highest BCUT2D eigenvalue weighted by Crippen LogP contribution is 2.52. The lowest BCUT2D eigenvalue weighted by Crippen LogP contribution is -2.10. The lowest BCUT2D eigenvalue weighted by molar-refractivity contribution is -0.134. The number of hydrogen-bond donors (Lipinski definition) is 0. The second-order valence-corrected chi connectivity index (χ2v) is 5.62. The van der Waals surface area contributed by atoms with Gasteiger partial charge in [-0.2, -0.15) is 0 Å². The van der Waals surface area contributed by atoms with E-state index in [9.17, 15) is 9.59 Å². The minimum atomic E-state index is -0.570. The van der Waals surface area contributed by atoms with Crippen molar-refractivity contribution in [1.82, 2.24) is 0 Å². The van der Waals surface area contributed by atoms with Gasteiger partial charge in [0.15, 0.2) is 11.5 Å². The van der Waals surface area contributed by atoms with Gasteiger partial charge >= 0.3 is 11.9 Å². The summed E-state index contributed by atoms with van der Waals surface area (Å²) >= 11 is 0. The fourth-order valence-electron chi connectivity index (χ4n) is 3.01. The van der Waals surface area contributed by atoms with Crippen molar-refractivity contribution in [1.29, 1.82) is 0 Å². The van der Waals surface area contributed by atoms with E-state index in [1.807, 2.05) is 30.3 Å². The van der Waals surface area contributed by atoms with Crippen molar-refractivity contribution >= 4 is 33.5 Å². The summed E-state index contributed by atoms with van der Waals surface area (Å²) in [7, 11) is 2.93. The maximum atomic E-state index is 11.7. The van der Waals surface area contributed by atoms with Crippen LogP contribution in [0.15, 0.2) is 36.4 Å². The summed E-state index contributed by atoms with van der Waals surface area (Å²) in [5.41, 5.74) is 0. The minimum Gasteiger partial charge on any atom is -0.492 e. The van der Waals surface area contributed by atoms with Crippen LogP contribution in [0.5, 0.6) is 23.0 Å². The predicted octanol–water partition coefficient (Wildman–Crippen LogP) is 3.86. The molecule has 0 unspecified atom stereocenters. The second-order valence-electron chi connectivity index (χ2n) is 5.62. The summed E-state index contributed by atoms with van der Waals surface area (Å²) in [5.74, 6) is -0.408. The SMILES string of the molecule is COc1c(OC(C)=O)c(OC(C)=O)c2ccc3ccccc3c2c1OC. The van der Waals surface area contributed by atoms with Gasteiger partial charge in [-0.25, -0.2) is 0 Å². The monoisotopic (exact) mass is 354 g/mol. The molecule has 3 aromatic rings. The van der Waals surface area contributed by atoms with Crippen molar-refractivity contribution in [3.05, 3.63) is 36.4 Å². The molecule has 134 valence electrons. The maximum absolute atomic E-state index is 11.7. The number of fused-ring (bicyclic) bond motifs is 3. The van der Waals surface area contributed by atoms with Gasteiger partial charge in [0, 0.05) is 24.6 Å². The van der Waals surface area contributed by atoms with Crippen LogP contribution in [0.3, 0.4) is 0 Å². The van der Waals surface area contributed by atoms with E-state index in [0.29, 0.717) is 16.5 Å². The highest BCUT2D eigenvalue weighted by Gasteiger charge is 2.27. The number of hydrogen-bond acceptors (Lipinski definition) is 6. The first-order valence-corrected chi connectivity index (χ1v) is 7.94. The van der Waals surface area contributed by atoms with Crippen molar-refractivity contribution in [3.63, 3.8) is 0 Å². The van der Waals surface area contributed by atoms with E-state index in [1.54, 1.807) is 6.07 Å². The molecule has 0 amide bonds. The van der Waals surface area contributed by atoms with Gasteiger partial charge < -0.3 is 18.9 Å². The van der Waals surface area contributed by atoms with Crippen LogP contribution in [0.2, 0.25) is 0 Å². The molecular formula is C20H18O6. The number of benzene rings is 3. The van der Waals surface area contributed by atoms with E-state index in [4.69, 9.17) is 18.9 Å². The van der Waals surface area contributed by atoms with Crippen LogP contribution in [0.4, 0.5) is 0 Å². The molecule has 0 aromatic heterocycles. The Morgan fingerprint density at radius 3 is 1.92 bits per heavy atom. The largest absolute Gasteiger partial charge is 0.492 e. The standard InChI is InChI=1S/C20H18O6/c1-11(21)25-17-15-10-9-13-7-5-6-8-14(13)16(15)18(23-3)19(24-4)20(17)26-12(2)22/h5-10H,1-4H3. The Kier molecular flexibility index (Phi) is 4.67. The zero-order valence-corrected chi connectivity index (χ0v) is 14.9. The molecule has 0 atom stereocenters. The normalized spacial score (nSPS) is 10.6. The minimum absolute atomic E-state index is 0.00910. The molecule has 6 nitrogen and oxygen atoms in total. The Bertz CT molecular complexity index is 1020. The maximum Gasteiger partial charge on any atom is 0.308 e. The summed E-state index contributed by atoms with van der Waals surface area (Å²) < 4.78 is 21.7. The molecule has 0 aliphatic carbocycles. The number of esters is 2. The van der Waals surface area contributed by atoms with Gasteiger partial charge in [-0.15, -0.1) is 0 Å². The fourth-order valence-corrected chi connectivity index (χ4v) is 3.01. The number of carbonyl (C=O) groups excluding carboxylic acids is 2. The summed E-state index contributed by atoms with van der Waals surface area (Å²) in [4.78, 5) is 23.3. The number of rotatable bonds is 4. The molecule has 0 bridgehead atoms. The first-order chi connectivity index (χ1) is 12.5. The van der Waals surface area contributed by atoms with Crippen molar-refractivity contribution in [2.45, 2.75) is 13.8 Å². The van der Waals surface area contributed by atoms with Gasteiger partial charge in [0.2, 0.25) is 11.5 Å². The van der Waals surface area contributed by atoms with Crippen molar-refractivity contribution in [2.75, 3.05) is 14.2 Å². The van der Waals surface area contributed by atoms with Crippen LogP contribution in [-0.4, -0.2) is 26.2 Å². The molecule has 0 saturated heterocycles. The Morgan fingerprint density at radius 1 is 0.692 bits per heavy atom. The summed E-state index contributed by atoms with van der Waals surface area (Å²) in [5, 5.41) is 3.15. The van der Waals surface area contributed by atoms with E-state index in [-0.39, 0.29) is 17.2 Å². The van der Waals surface area contributed by atoms with Gasteiger partial charge in [-0.05, 0) is 16.8 Å². The zero-order chi connectivity index (χ0) is 18.8. The van der Waals surface area contributed by atoms with Crippen molar-refractivity contribution in [2.24, 2.45) is 0 Å². The van der Waals surface area contributed by atoms with E-state index in [0.717, 1.165) is 10.8 Å². The second kappa shape index (κ2) is 6.92. The van der Waals surface area contributed by atoms with Crippen LogP contribution in [0.1, 0.15) is 13.8 Å². The first kappa shape index (κ1) is 17.5. The molecule has 3 aromatic carbocycles. The van der Waals surface area contributed by atoms with E-state index < -0.39 is 11.9 Å². The summed E-state index contributed by atoms with van der Waals surface area (Å²) in [6.45, 7) is 2.54. The third kappa shape index (κ3) is 2.90. The summed E-state index contributed by atoms with van der Waals surface area (Å²) in [6.07, 6.45) is 0. The van der Waals surface area contributed by atoms with E-state index in [2.05, 4.69) is 0 Å². The van der Waals surface area contributed by atoms with Crippen LogP contribution >= 0.6 is 0 Å². The fraction of sp³-hybridized carbons (Fsp3) is 0.200. The third-order valence-electron chi connectivity index (χ3n) is 3.92. The molecular weight excluding hydrogens is 336 g/mol. The summed E-state index contributed by atoms with van der Waals surface area (Å²) in [6, 6.07) is 11.4. The van der Waals surface area contributed by atoms with Gasteiger partial charge in [0.25, 0.3) is 0 Å². The predicted molar refractivity (Wildman–Crippen MR) is 97.2 cm³/mol. The van der Waals surface area contributed by atoms with Crippen LogP contribution in [-0.2, 0) is 9.59 Å². The molecule has 0 N–H and O–H groups in total. The number of methoxy groups -OCH3 is 2. The topological polar surface area (TPSA) is 71.1 Å². The van der Waals surface area contributed by atoms with Gasteiger partial charge in [0.1, 0.15) is 0 Å². The molecule has 0 aliphatic rings. The molecule has 0 saturated carbocycles.